The number of Topliss-reactive ketones (excluding diaryl/α,β-unsaturated/α-hetero) is 2. The van der Waals surface area contributed by atoms with Gasteiger partial charge in [-0.05, 0) is 87.5 Å². The molecule has 0 saturated carbocycles. The van der Waals surface area contributed by atoms with E-state index in [0.29, 0.717) is 24.0 Å². The number of hydrogen-bond acceptors (Lipinski definition) is 9. The van der Waals surface area contributed by atoms with Gasteiger partial charge in [-0.25, -0.2) is 4.57 Å². The summed E-state index contributed by atoms with van der Waals surface area (Å²) in [5, 5.41) is 0. The summed E-state index contributed by atoms with van der Waals surface area (Å²) in [6.07, 6.45) is 27.9. The zero-order valence-corrected chi connectivity index (χ0v) is 37.0. The van der Waals surface area contributed by atoms with Gasteiger partial charge in [0, 0.05) is 28.4 Å². The van der Waals surface area contributed by atoms with Gasteiger partial charge in [0.05, 0.1) is 0 Å². The van der Waals surface area contributed by atoms with Gasteiger partial charge in [-0.3, -0.25) is 27.7 Å². The van der Waals surface area contributed by atoms with Gasteiger partial charge in [0.1, 0.15) is 11.8 Å². The average Bonchev–Trinajstić information content (AvgIpc) is 3.13. The lowest BCUT2D eigenvalue weighted by molar-refractivity contribution is -0.125. The highest BCUT2D eigenvalue weighted by Gasteiger charge is 2.48. The van der Waals surface area contributed by atoms with Gasteiger partial charge in [-0.15, -0.1) is 0 Å². The van der Waals surface area contributed by atoms with Crippen molar-refractivity contribution in [1.82, 2.24) is 0 Å². The Labute approximate surface area is 330 Å². The summed E-state index contributed by atoms with van der Waals surface area (Å²) in [5.74, 6) is -0.421. The highest BCUT2D eigenvalue weighted by atomic mass is 31.2. The molecule has 2 atom stereocenters. The maximum Gasteiger partial charge on any atom is 0.474 e. The van der Waals surface area contributed by atoms with Crippen LogP contribution in [0.25, 0.3) is 0 Å². The van der Waals surface area contributed by atoms with Gasteiger partial charge in [0.2, 0.25) is 0 Å². The number of allylic oxidation sites excluding steroid dienone is 21. The van der Waals surface area contributed by atoms with E-state index in [1.807, 2.05) is 140 Å². The summed E-state index contributed by atoms with van der Waals surface area (Å²) in [7, 11) is -2.22. The van der Waals surface area contributed by atoms with E-state index in [1.165, 1.54) is 28.4 Å². The molecule has 0 aromatic rings. The molecule has 11 heteroatoms. The molecule has 2 aliphatic carbocycles. The number of hydrogen-bond donors (Lipinski definition) is 0. The highest BCUT2D eigenvalue weighted by Crippen LogP contribution is 2.59. The van der Waals surface area contributed by atoms with Crippen molar-refractivity contribution in [1.29, 1.82) is 0 Å². The lowest BCUT2D eigenvalue weighted by Crippen LogP contribution is -2.37. The zero-order valence-electron chi connectivity index (χ0n) is 35.2. The normalized spacial score (nSPS) is 22.7. The fraction of sp³-hybridized carbons (Fsp3) is 0.455. The molecule has 2 rings (SSSR count). The number of phosphoric ester groups is 1. The molecule has 2 aliphatic rings. The molecule has 0 saturated heterocycles. The molecule has 0 bridgehead atoms. The van der Waals surface area contributed by atoms with E-state index in [0.717, 1.165) is 33.4 Å². The Morgan fingerprint density at radius 3 is 1.38 bits per heavy atom. The summed E-state index contributed by atoms with van der Waals surface area (Å²) in [5.41, 5.74) is 5.60. The average molecular weight is 797 g/mol. The van der Waals surface area contributed by atoms with Crippen LogP contribution in [0.2, 0.25) is 0 Å². The number of ketones is 2. The van der Waals surface area contributed by atoms with Crippen LogP contribution in [0.4, 0.5) is 0 Å². The third kappa shape index (κ3) is 13.4. The number of carbonyl (C=O) groups excluding carboxylic acids is 2. The monoisotopic (exact) mass is 796 g/mol. The Hall–Kier alpha value is -3.26. The van der Waals surface area contributed by atoms with Crippen LogP contribution in [0.15, 0.2) is 130 Å². The maximum atomic E-state index is 13.1. The van der Waals surface area contributed by atoms with Crippen molar-refractivity contribution in [3.8, 4) is 0 Å². The van der Waals surface area contributed by atoms with Gasteiger partial charge < -0.3 is 9.05 Å². The zero-order chi connectivity index (χ0) is 41.8. The third-order valence-corrected chi connectivity index (χ3v) is 13.5. The topological polar surface area (TPSA) is 114 Å². The van der Waals surface area contributed by atoms with E-state index in [1.54, 1.807) is 13.8 Å². The molecule has 0 aromatic heterocycles. The Bertz CT molecular complexity index is 1870. The van der Waals surface area contributed by atoms with Crippen LogP contribution in [-0.4, -0.2) is 51.8 Å². The molecular weight excluding hydrogens is 734 g/mol. The quantitative estimate of drug-likeness (QED) is 0.105. The molecule has 0 aromatic carbocycles. The predicted octanol–water partition coefficient (Wildman–Crippen LogP) is 11.8. The molecule has 0 amide bonds. The van der Waals surface area contributed by atoms with E-state index >= 15 is 0 Å². The summed E-state index contributed by atoms with van der Waals surface area (Å²) in [6.45, 7) is 19.8. The van der Waals surface area contributed by atoms with Crippen LogP contribution in [0.5, 0.6) is 0 Å². The lowest BCUT2D eigenvalue weighted by Gasteiger charge is -2.38. The minimum atomic E-state index is -3.79. The Morgan fingerprint density at radius 2 is 0.964 bits per heavy atom. The van der Waals surface area contributed by atoms with E-state index in [-0.39, 0.29) is 17.0 Å². The fourth-order valence-corrected chi connectivity index (χ4v) is 9.20. The van der Waals surface area contributed by atoms with Crippen LogP contribution in [0.1, 0.15) is 82.1 Å². The van der Waals surface area contributed by atoms with Crippen molar-refractivity contribution in [2.24, 2.45) is 10.8 Å². The molecule has 2 unspecified atom stereocenters. The number of carbonyl (C=O) groups is 2. The minimum absolute atomic E-state index is 0.194. The SMILES string of the molecule is COP(=O)(OC)OC1CC(C)(C)C(C=CC(C)=CC=CC(C)=CC=CC=C(C)C=CC=C(C)C=CC2=C(C)C(=O)C(P(=O)(OC)OC)CC2(C)C)=C(C)C1=O. The van der Waals surface area contributed by atoms with Crippen molar-refractivity contribution in [2.45, 2.75) is 93.8 Å². The fourth-order valence-electron chi connectivity index (χ4n) is 6.58. The van der Waals surface area contributed by atoms with Crippen molar-refractivity contribution < 1.29 is 41.3 Å². The first-order chi connectivity index (χ1) is 25.6. The Morgan fingerprint density at radius 1 is 0.582 bits per heavy atom. The van der Waals surface area contributed by atoms with Crippen molar-refractivity contribution in [2.75, 3.05) is 28.4 Å². The molecule has 0 radical (unpaired) electrons. The first-order valence-electron chi connectivity index (χ1n) is 18.3. The first kappa shape index (κ1) is 47.9. The second kappa shape index (κ2) is 20.8. The van der Waals surface area contributed by atoms with Crippen molar-refractivity contribution in [3.63, 3.8) is 0 Å². The third-order valence-electron chi connectivity index (χ3n) is 9.89. The second-order valence-electron chi connectivity index (χ2n) is 15.2. The Balaban J connectivity index is 2.02. The van der Waals surface area contributed by atoms with Crippen molar-refractivity contribution >= 4 is 27.0 Å². The smallest absolute Gasteiger partial charge is 0.311 e. The van der Waals surface area contributed by atoms with E-state index in [4.69, 9.17) is 22.6 Å². The maximum absolute atomic E-state index is 13.1. The summed E-state index contributed by atoms with van der Waals surface area (Å²) in [6, 6.07) is 0. The van der Waals surface area contributed by atoms with Gasteiger partial charge in [0.15, 0.2) is 11.6 Å². The van der Waals surface area contributed by atoms with Crippen LogP contribution in [0.3, 0.4) is 0 Å². The van der Waals surface area contributed by atoms with Crippen LogP contribution >= 0.6 is 15.4 Å². The molecule has 0 heterocycles. The van der Waals surface area contributed by atoms with Crippen LogP contribution in [0, 0.1) is 10.8 Å². The molecule has 0 spiro atoms. The van der Waals surface area contributed by atoms with Gasteiger partial charge in [-0.1, -0.05) is 135 Å². The number of phosphoric acid groups is 1. The van der Waals surface area contributed by atoms with Gasteiger partial charge >= 0.3 is 15.4 Å². The Kier molecular flexibility index (Phi) is 18.1. The van der Waals surface area contributed by atoms with E-state index in [9.17, 15) is 18.7 Å². The van der Waals surface area contributed by atoms with Gasteiger partial charge in [0.25, 0.3) is 0 Å². The molecular formula is C44H62O9P2. The predicted molar refractivity (Wildman–Crippen MR) is 225 cm³/mol. The first-order valence-corrected chi connectivity index (χ1v) is 21.4. The molecule has 0 aliphatic heterocycles. The molecule has 302 valence electrons. The lowest BCUT2D eigenvalue weighted by atomic mass is 9.71. The van der Waals surface area contributed by atoms with E-state index in [2.05, 4.69) is 0 Å². The van der Waals surface area contributed by atoms with Crippen molar-refractivity contribution in [3.05, 3.63) is 130 Å². The molecule has 0 fully saturated rings. The highest BCUT2D eigenvalue weighted by molar-refractivity contribution is 7.55. The van der Waals surface area contributed by atoms with Gasteiger partial charge in [-0.2, -0.15) is 0 Å². The second-order valence-corrected chi connectivity index (χ2v) is 19.5. The summed E-state index contributed by atoms with van der Waals surface area (Å²) >= 11 is 0. The van der Waals surface area contributed by atoms with Crippen LogP contribution < -0.4 is 0 Å². The van der Waals surface area contributed by atoms with E-state index < -0.39 is 32.6 Å². The molecule has 55 heavy (non-hydrogen) atoms. The molecule has 0 N–H and O–H groups in total. The largest absolute Gasteiger partial charge is 0.474 e. The molecule has 9 nitrogen and oxygen atoms in total. The standard InChI is InChI=1S/C44H62O9P2/c1-31(21-17-23-33(3)25-27-37-35(5)41(45)39(29-43(37,7)8)53-55(48,51-13)52-14)19-15-16-20-32(2)22-18-24-34(4)26-28-38-36(6)42(46)40(30-44(38,9)10)54(47,49-11)50-12/h15-28,39-40H,29-30H2,1-14H3. The van der Waals surface area contributed by atoms with Crippen LogP contribution in [-0.2, 0) is 41.3 Å². The number of rotatable bonds is 17. The summed E-state index contributed by atoms with van der Waals surface area (Å²) in [4.78, 5) is 26.2. The minimum Gasteiger partial charge on any atom is -0.311 e. The summed E-state index contributed by atoms with van der Waals surface area (Å²) < 4.78 is 51.1.